The average molecular weight is 404 g/mol. The van der Waals surface area contributed by atoms with Crippen LogP contribution in [0.15, 0.2) is 47.5 Å². The Morgan fingerprint density at radius 1 is 1.07 bits per heavy atom. The van der Waals surface area contributed by atoms with Gasteiger partial charge in [0.1, 0.15) is 17.1 Å². The summed E-state index contributed by atoms with van der Waals surface area (Å²) in [5.41, 5.74) is 3.37. The summed E-state index contributed by atoms with van der Waals surface area (Å²) in [5.74, 6) is 1.19. The van der Waals surface area contributed by atoms with Crippen LogP contribution >= 0.6 is 0 Å². The summed E-state index contributed by atoms with van der Waals surface area (Å²) in [4.78, 5) is 20.6. The molecule has 8 heteroatoms. The molecule has 0 atom stereocenters. The van der Waals surface area contributed by atoms with E-state index in [2.05, 4.69) is 34.1 Å². The molecule has 30 heavy (non-hydrogen) atoms. The number of aromatic nitrogens is 6. The van der Waals surface area contributed by atoms with Crippen LogP contribution in [0.1, 0.15) is 37.9 Å². The van der Waals surface area contributed by atoms with Gasteiger partial charge in [0.15, 0.2) is 5.52 Å². The van der Waals surface area contributed by atoms with Crippen LogP contribution in [0.5, 0.6) is 5.75 Å². The molecule has 0 aliphatic heterocycles. The van der Waals surface area contributed by atoms with Gasteiger partial charge < -0.3 is 9.72 Å². The van der Waals surface area contributed by atoms with Crippen molar-refractivity contribution >= 4 is 11.0 Å². The Labute approximate surface area is 174 Å². The summed E-state index contributed by atoms with van der Waals surface area (Å²) in [6, 6.07) is 9.50. The summed E-state index contributed by atoms with van der Waals surface area (Å²) < 4.78 is 7.70. The van der Waals surface area contributed by atoms with E-state index in [0.29, 0.717) is 35.8 Å². The largest absolute Gasteiger partial charge is 0.493 e. The fraction of sp³-hybridized carbons (Fsp3) is 0.318. The number of nitrogens with zero attached hydrogens (tertiary/aromatic N) is 5. The maximum absolute atomic E-state index is 12.9. The third-order valence-electron chi connectivity index (χ3n) is 4.77. The van der Waals surface area contributed by atoms with Crippen LogP contribution in [0.2, 0.25) is 0 Å². The monoisotopic (exact) mass is 404 g/mol. The van der Waals surface area contributed by atoms with Gasteiger partial charge in [-0.25, -0.2) is 4.98 Å². The Balaban J connectivity index is 1.84. The van der Waals surface area contributed by atoms with Crippen molar-refractivity contribution in [2.75, 3.05) is 6.61 Å². The standard InChI is InChI=1S/C22H24N6O2/c1-3-7-17-19-20(27-28(17)14-15-10-11-23-24-13-15)22(29)26-21(25-19)16-8-5-6-9-18(16)30-12-4-2/h5-6,8-11,13H,3-4,7,12,14H2,1-2H3,(H,25,26,29). The summed E-state index contributed by atoms with van der Waals surface area (Å²) in [5, 5.41) is 12.3. The quantitative estimate of drug-likeness (QED) is 0.483. The van der Waals surface area contributed by atoms with Gasteiger partial charge >= 0.3 is 0 Å². The predicted octanol–water partition coefficient (Wildman–Crippen LogP) is 3.37. The van der Waals surface area contributed by atoms with E-state index in [0.717, 1.165) is 36.1 Å². The first-order valence-electron chi connectivity index (χ1n) is 10.2. The highest BCUT2D eigenvalue weighted by Crippen LogP contribution is 2.28. The Morgan fingerprint density at radius 3 is 2.70 bits per heavy atom. The van der Waals surface area contributed by atoms with Gasteiger partial charge in [0.25, 0.3) is 5.56 Å². The Hall–Kier alpha value is -3.55. The smallest absolute Gasteiger partial charge is 0.279 e. The molecule has 0 amide bonds. The highest BCUT2D eigenvalue weighted by Gasteiger charge is 2.18. The Morgan fingerprint density at radius 2 is 1.93 bits per heavy atom. The van der Waals surface area contributed by atoms with Gasteiger partial charge in [0, 0.05) is 6.20 Å². The molecule has 4 aromatic rings. The predicted molar refractivity (Wildman–Crippen MR) is 114 cm³/mol. The van der Waals surface area contributed by atoms with E-state index >= 15 is 0 Å². The molecule has 1 N–H and O–H groups in total. The number of hydrogen-bond donors (Lipinski definition) is 1. The number of fused-ring (bicyclic) bond motifs is 1. The van der Waals surface area contributed by atoms with E-state index in [-0.39, 0.29) is 5.56 Å². The highest BCUT2D eigenvalue weighted by atomic mass is 16.5. The summed E-state index contributed by atoms with van der Waals surface area (Å²) in [6.45, 7) is 5.26. The van der Waals surface area contributed by atoms with Crippen LogP contribution in [0.4, 0.5) is 0 Å². The number of para-hydroxylation sites is 1. The van der Waals surface area contributed by atoms with Crippen molar-refractivity contribution in [2.24, 2.45) is 0 Å². The second-order valence-electron chi connectivity index (χ2n) is 7.06. The summed E-state index contributed by atoms with van der Waals surface area (Å²) in [6.07, 6.45) is 5.92. The second kappa shape index (κ2) is 8.86. The van der Waals surface area contributed by atoms with Gasteiger partial charge in [-0.05, 0) is 36.6 Å². The van der Waals surface area contributed by atoms with Gasteiger partial charge in [-0.3, -0.25) is 9.48 Å². The molecule has 3 heterocycles. The van der Waals surface area contributed by atoms with Gasteiger partial charge in [-0.15, -0.1) is 0 Å². The second-order valence-corrected chi connectivity index (χ2v) is 7.06. The molecule has 8 nitrogen and oxygen atoms in total. The lowest BCUT2D eigenvalue weighted by molar-refractivity contribution is 0.318. The van der Waals surface area contributed by atoms with Crippen LogP contribution < -0.4 is 10.3 Å². The molecule has 1 aromatic carbocycles. The van der Waals surface area contributed by atoms with Crippen LogP contribution in [-0.2, 0) is 13.0 Å². The molecule has 3 aromatic heterocycles. The average Bonchev–Trinajstić information content (AvgIpc) is 3.11. The zero-order valence-electron chi connectivity index (χ0n) is 17.1. The van der Waals surface area contributed by atoms with Crippen molar-refractivity contribution in [2.45, 2.75) is 39.7 Å². The number of hydrogen-bond acceptors (Lipinski definition) is 6. The normalized spacial score (nSPS) is 11.1. The molecule has 0 bridgehead atoms. The molecule has 154 valence electrons. The van der Waals surface area contributed by atoms with E-state index < -0.39 is 0 Å². The molecule has 0 saturated heterocycles. The highest BCUT2D eigenvalue weighted by molar-refractivity contribution is 5.79. The maximum atomic E-state index is 12.9. The van der Waals surface area contributed by atoms with Crippen molar-refractivity contribution in [1.82, 2.24) is 29.9 Å². The van der Waals surface area contributed by atoms with Gasteiger partial charge in [-0.1, -0.05) is 32.4 Å². The molecule has 4 rings (SSSR count). The van der Waals surface area contributed by atoms with Crippen LogP contribution in [0.3, 0.4) is 0 Å². The zero-order chi connectivity index (χ0) is 20.9. The van der Waals surface area contributed by atoms with Crippen molar-refractivity contribution < 1.29 is 4.74 Å². The first-order valence-corrected chi connectivity index (χ1v) is 10.2. The van der Waals surface area contributed by atoms with E-state index in [1.807, 2.05) is 35.0 Å². The first kappa shape index (κ1) is 19.8. The molecular formula is C22H24N6O2. The molecule has 0 saturated carbocycles. The van der Waals surface area contributed by atoms with E-state index in [1.165, 1.54) is 0 Å². The fourth-order valence-corrected chi connectivity index (χ4v) is 3.39. The lowest BCUT2D eigenvalue weighted by atomic mass is 10.1. The molecular weight excluding hydrogens is 380 g/mol. The van der Waals surface area contributed by atoms with Crippen LogP contribution in [-0.4, -0.2) is 36.6 Å². The SMILES string of the molecule is CCCOc1ccccc1-c1nc2c(CCC)n(Cc3ccnnc3)nc2c(=O)[nH]1. The van der Waals surface area contributed by atoms with Crippen molar-refractivity contribution in [3.63, 3.8) is 0 Å². The third-order valence-corrected chi connectivity index (χ3v) is 4.77. The van der Waals surface area contributed by atoms with Crippen molar-refractivity contribution in [1.29, 1.82) is 0 Å². The maximum Gasteiger partial charge on any atom is 0.279 e. The first-order chi connectivity index (χ1) is 14.7. The van der Waals surface area contributed by atoms with Gasteiger partial charge in [0.05, 0.1) is 30.6 Å². The molecule has 0 aliphatic carbocycles. The van der Waals surface area contributed by atoms with E-state index in [4.69, 9.17) is 9.72 Å². The third kappa shape index (κ3) is 3.94. The van der Waals surface area contributed by atoms with Crippen LogP contribution in [0.25, 0.3) is 22.4 Å². The van der Waals surface area contributed by atoms with E-state index in [9.17, 15) is 4.79 Å². The fourth-order valence-electron chi connectivity index (χ4n) is 3.39. The lowest BCUT2D eigenvalue weighted by Gasteiger charge is -2.10. The Bertz CT molecular complexity index is 1200. The van der Waals surface area contributed by atoms with Crippen molar-refractivity contribution in [3.8, 4) is 17.1 Å². The minimum absolute atomic E-state index is 0.260. The minimum Gasteiger partial charge on any atom is -0.493 e. The topological polar surface area (TPSA) is 98.6 Å². The number of aryl methyl sites for hydroxylation is 1. The number of benzene rings is 1. The summed E-state index contributed by atoms with van der Waals surface area (Å²) >= 11 is 0. The van der Waals surface area contributed by atoms with E-state index in [1.54, 1.807) is 12.4 Å². The van der Waals surface area contributed by atoms with Gasteiger partial charge in [0.2, 0.25) is 0 Å². The number of rotatable bonds is 8. The minimum atomic E-state index is -0.260. The number of H-pyrrole nitrogens is 1. The lowest BCUT2D eigenvalue weighted by Crippen LogP contribution is -2.10. The molecule has 0 fully saturated rings. The number of nitrogens with one attached hydrogen (secondary N) is 1. The zero-order valence-corrected chi connectivity index (χ0v) is 17.1. The van der Waals surface area contributed by atoms with Crippen molar-refractivity contribution in [3.05, 3.63) is 64.3 Å². The number of ether oxygens (including phenoxy) is 1. The Kier molecular flexibility index (Phi) is 5.83. The molecule has 0 spiro atoms. The van der Waals surface area contributed by atoms with Crippen LogP contribution in [0, 0.1) is 0 Å². The molecule has 0 radical (unpaired) electrons. The summed E-state index contributed by atoms with van der Waals surface area (Å²) in [7, 11) is 0. The van der Waals surface area contributed by atoms with Gasteiger partial charge in [-0.2, -0.15) is 15.3 Å². The molecule has 0 unspecified atom stereocenters. The molecule has 0 aliphatic rings. The number of aromatic amines is 1.